The summed E-state index contributed by atoms with van der Waals surface area (Å²) >= 11 is 0. The van der Waals surface area contributed by atoms with Gasteiger partial charge in [-0.05, 0) is 24.8 Å². The van der Waals surface area contributed by atoms with Gasteiger partial charge in [-0.1, -0.05) is 31.6 Å². The molecule has 0 aromatic rings. The van der Waals surface area contributed by atoms with Crippen molar-refractivity contribution in [1.29, 1.82) is 0 Å². The Balaban J connectivity index is 2.52. The van der Waals surface area contributed by atoms with Crippen LogP contribution in [0.3, 0.4) is 0 Å². The summed E-state index contributed by atoms with van der Waals surface area (Å²) in [6.07, 6.45) is 3.65. The molecule has 3 nitrogen and oxygen atoms in total. The molecule has 1 aliphatic carbocycles. The van der Waals surface area contributed by atoms with Gasteiger partial charge in [0.2, 0.25) is 0 Å². The highest BCUT2D eigenvalue weighted by atomic mass is 28.3. The first kappa shape index (κ1) is 12.9. The van der Waals surface area contributed by atoms with E-state index in [-0.39, 0.29) is 6.04 Å². The standard InChI is InChI=1S/C12H19NO2Si/c1-16(2,3)9-8-10-4-6-11(7-5-10)13-12(14)15/h4,11,13H,5-7H2,1-3H3,(H,14,15). The quantitative estimate of drug-likeness (QED) is 0.544. The monoisotopic (exact) mass is 237 g/mol. The first-order chi connectivity index (χ1) is 7.37. The molecule has 1 atom stereocenters. The van der Waals surface area contributed by atoms with Crippen molar-refractivity contribution in [2.75, 3.05) is 0 Å². The summed E-state index contributed by atoms with van der Waals surface area (Å²) in [4.78, 5) is 10.5. The second-order valence-corrected chi connectivity index (χ2v) is 9.90. The molecule has 0 spiro atoms. The van der Waals surface area contributed by atoms with Crippen LogP contribution in [0.25, 0.3) is 0 Å². The summed E-state index contributed by atoms with van der Waals surface area (Å²) in [6, 6.07) is 0.0648. The average molecular weight is 237 g/mol. The van der Waals surface area contributed by atoms with Crippen LogP contribution in [0.2, 0.25) is 19.6 Å². The van der Waals surface area contributed by atoms with E-state index in [1.807, 2.05) is 0 Å². The van der Waals surface area contributed by atoms with Gasteiger partial charge >= 0.3 is 6.09 Å². The predicted molar refractivity (Wildman–Crippen MR) is 68.0 cm³/mol. The largest absolute Gasteiger partial charge is 0.465 e. The molecular formula is C12H19NO2Si. The molecule has 0 bridgehead atoms. The third-order valence-electron chi connectivity index (χ3n) is 2.34. The summed E-state index contributed by atoms with van der Waals surface area (Å²) in [5.41, 5.74) is 4.50. The van der Waals surface area contributed by atoms with Crippen molar-refractivity contribution in [3.8, 4) is 11.5 Å². The number of allylic oxidation sites excluding steroid dienone is 1. The highest BCUT2D eigenvalue weighted by Gasteiger charge is 2.15. The topological polar surface area (TPSA) is 49.3 Å². The molecule has 0 radical (unpaired) electrons. The summed E-state index contributed by atoms with van der Waals surface area (Å²) in [5.74, 6) is 3.23. The van der Waals surface area contributed by atoms with Gasteiger partial charge < -0.3 is 10.4 Å². The van der Waals surface area contributed by atoms with Crippen molar-refractivity contribution < 1.29 is 9.90 Å². The van der Waals surface area contributed by atoms with Gasteiger partial charge in [0.1, 0.15) is 8.07 Å². The molecule has 4 heteroatoms. The van der Waals surface area contributed by atoms with Crippen LogP contribution in [0.15, 0.2) is 11.6 Å². The molecular weight excluding hydrogens is 218 g/mol. The second-order valence-electron chi connectivity index (χ2n) is 5.15. The van der Waals surface area contributed by atoms with Crippen LogP contribution >= 0.6 is 0 Å². The van der Waals surface area contributed by atoms with E-state index in [1.54, 1.807) is 0 Å². The van der Waals surface area contributed by atoms with Crippen LogP contribution in [0.5, 0.6) is 0 Å². The van der Waals surface area contributed by atoms with Gasteiger partial charge in [-0.3, -0.25) is 0 Å². The summed E-state index contributed by atoms with van der Waals surface area (Å²) in [5, 5.41) is 11.1. The molecule has 1 unspecified atom stereocenters. The Kier molecular flexibility index (Phi) is 4.19. The van der Waals surface area contributed by atoms with Crippen molar-refractivity contribution in [3.05, 3.63) is 11.6 Å². The molecule has 0 heterocycles. The smallest absolute Gasteiger partial charge is 0.404 e. The van der Waals surface area contributed by atoms with Gasteiger partial charge in [0.25, 0.3) is 0 Å². The van der Waals surface area contributed by atoms with Crippen molar-refractivity contribution in [2.45, 2.75) is 44.9 Å². The Morgan fingerprint density at radius 3 is 2.69 bits per heavy atom. The average Bonchev–Trinajstić information content (AvgIpc) is 2.14. The first-order valence-electron chi connectivity index (χ1n) is 5.58. The van der Waals surface area contributed by atoms with E-state index in [1.165, 1.54) is 5.57 Å². The fourth-order valence-corrected chi connectivity index (χ4v) is 2.06. The van der Waals surface area contributed by atoms with E-state index >= 15 is 0 Å². The predicted octanol–water partition coefficient (Wildman–Crippen LogP) is 2.61. The van der Waals surface area contributed by atoms with E-state index in [4.69, 9.17) is 5.11 Å². The highest BCUT2D eigenvalue weighted by Crippen LogP contribution is 2.17. The molecule has 0 saturated carbocycles. The third-order valence-corrected chi connectivity index (χ3v) is 3.21. The van der Waals surface area contributed by atoms with Gasteiger partial charge in [-0.25, -0.2) is 4.79 Å². The van der Waals surface area contributed by atoms with Gasteiger partial charge in [0, 0.05) is 6.04 Å². The maximum atomic E-state index is 10.5. The number of rotatable bonds is 1. The zero-order valence-electron chi connectivity index (χ0n) is 10.1. The lowest BCUT2D eigenvalue weighted by molar-refractivity contribution is 0.189. The molecule has 0 aromatic carbocycles. The second kappa shape index (κ2) is 5.22. The SMILES string of the molecule is C[Si](C)(C)C#CC1=CCC(NC(=O)O)CC1. The lowest BCUT2D eigenvalue weighted by atomic mass is 9.96. The van der Waals surface area contributed by atoms with Crippen LogP contribution < -0.4 is 5.32 Å². The van der Waals surface area contributed by atoms with Crippen LogP contribution in [0, 0.1) is 11.5 Å². The molecule has 1 rings (SSSR count). The molecule has 1 amide bonds. The molecule has 0 saturated heterocycles. The molecule has 0 aliphatic heterocycles. The van der Waals surface area contributed by atoms with Gasteiger partial charge in [0.05, 0.1) is 0 Å². The van der Waals surface area contributed by atoms with Crippen LogP contribution in [0.1, 0.15) is 19.3 Å². The van der Waals surface area contributed by atoms with Gasteiger partial charge in [-0.2, -0.15) is 0 Å². The molecule has 1 aliphatic rings. The number of carbonyl (C=O) groups is 1. The van der Waals surface area contributed by atoms with E-state index in [0.29, 0.717) is 0 Å². The molecule has 0 fully saturated rings. The Morgan fingerprint density at radius 1 is 1.56 bits per heavy atom. The maximum Gasteiger partial charge on any atom is 0.404 e. The van der Waals surface area contributed by atoms with Gasteiger partial charge in [0.15, 0.2) is 0 Å². The zero-order valence-corrected chi connectivity index (χ0v) is 11.1. The molecule has 88 valence electrons. The fourth-order valence-electron chi connectivity index (χ4n) is 1.52. The van der Waals surface area contributed by atoms with Gasteiger partial charge in [-0.15, -0.1) is 5.54 Å². The minimum atomic E-state index is -1.30. The Bertz CT molecular complexity index is 357. The van der Waals surface area contributed by atoms with Crippen molar-refractivity contribution in [2.24, 2.45) is 0 Å². The number of carboxylic acid groups (broad SMARTS) is 1. The van der Waals surface area contributed by atoms with Crippen molar-refractivity contribution in [3.63, 3.8) is 0 Å². The highest BCUT2D eigenvalue weighted by molar-refractivity contribution is 6.83. The number of hydrogen-bond acceptors (Lipinski definition) is 1. The molecule has 2 N–H and O–H groups in total. The summed E-state index contributed by atoms with van der Waals surface area (Å²) in [7, 11) is -1.30. The lowest BCUT2D eigenvalue weighted by Crippen LogP contribution is -2.34. The molecule has 16 heavy (non-hydrogen) atoms. The number of hydrogen-bond donors (Lipinski definition) is 2. The van der Waals surface area contributed by atoms with E-state index in [2.05, 4.69) is 42.5 Å². The molecule has 0 aromatic heterocycles. The van der Waals surface area contributed by atoms with Crippen molar-refractivity contribution in [1.82, 2.24) is 5.32 Å². The lowest BCUT2D eigenvalue weighted by Gasteiger charge is -2.19. The minimum Gasteiger partial charge on any atom is -0.465 e. The van der Waals surface area contributed by atoms with E-state index in [9.17, 15) is 4.79 Å². The van der Waals surface area contributed by atoms with Crippen LogP contribution in [0.4, 0.5) is 4.79 Å². The first-order valence-corrected chi connectivity index (χ1v) is 9.08. The number of nitrogens with one attached hydrogen (secondary N) is 1. The zero-order chi connectivity index (χ0) is 12.2. The number of amides is 1. The Morgan fingerprint density at radius 2 is 2.25 bits per heavy atom. The minimum absolute atomic E-state index is 0.0648. The maximum absolute atomic E-state index is 10.5. The van der Waals surface area contributed by atoms with E-state index < -0.39 is 14.2 Å². The third kappa shape index (κ3) is 5.03. The summed E-state index contributed by atoms with van der Waals surface area (Å²) in [6.45, 7) is 6.66. The van der Waals surface area contributed by atoms with Crippen LogP contribution in [-0.2, 0) is 0 Å². The Labute approximate surface area is 97.9 Å². The van der Waals surface area contributed by atoms with Crippen LogP contribution in [-0.4, -0.2) is 25.3 Å². The van der Waals surface area contributed by atoms with Crippen molar-refractivity contribution >= 4 is 14.2 Å². The normalized spacial score (nSPS) is 20.4. The van der Waals surface area contributed by atoms with E-state index in [0.717, 1.165) is 19.3 Å². The fraction of sp³-hybridized carbons (Fsp3) is 0.583. The Hall–Kier alpha value is -1.21. The summed E-state index contributed by atoms with van der Waals surface area (Å²) < 4.78 is 0.